The van der Waals surface area contributed by atoms with E-state index in [1.807, 2.05) is 45.2 Å². The highest BCUT2D eigenvalue weighted by molar-refractivity contribution is 7.89. The van der Waals surface area contributed by atoms with E-state index in [1.165, 1.54) is 5.56 Å². The Kier molecular flexibility index (Phi) is 8.67. The molecule has 0 radical (unpaired) electrons. The molecule has 0 aliphatic carbocycles. The zero-order valence-electron chi connectivity index (χ0n) is 23.0. The number of halogens is 1. The van der Waals surface area contributed by atoms with Crippen LogP contribution >= 0.6 is 11.6 Å². The largest absolute Gasteiger partial charge is 0.494 e. The van der Waals surface area contributed by atoms with Crippen LogP contribution in [0.5, 0.6) is 5.75 Å². The molecule has 0 aliphatic rings. The highest BCUT2D eigenvalue weighted by Crippen LogP contribution is 2.36. The van der Waals surface area contributed by atoms with Gasteiger partial charge in [0.05, 0.1) is 18.4 Å². The minimum Gasteiger partial charge on any atom is -0.494 e. The first kappa shape index (κ1) is 28.6. The van der Waals surface area contributed by atoms with Gasteiger partial charge in [0, 0.05) is 47.0 Å². The van der Waals surface area contributed by atoms with Crippen LogP contribution in [-0.2, 0) is 27.8 Å². The number of ether oxygens (including phenoxy) is 1. The minimum absolute atomic E-state index is 0.0408. The van der Waals surface area contributed by atoms with Crippen molar-refractivity contribution in [3.8, 4) is 16.9 Å². The fraction of sp³-hybridized carbons (Fsp3) is 0.333. The summed E-state index contributed by atoms with van der Waals surface area (Å²) < 4.78 is 33.4. The van der Waals surface area contributed by atoms with Crippen LogP contribution in [-0.4, -0.2) is 36.7 Å². The predicted octanol–water partition coefficient (Wildman–Crippen LogP) is 6.07. The van der Waals surface area contributed by atoms with Gasteiger partial charge in [-0.25, -0.2) is 8.42 Å². The number of amides is 1. The van der Waals surface area contributed by atoms with Gasteiger partial charge in [0.25, 0.3) is 0 Å². The number of carbonyl (C=O) groups excluding carboxylic acids is 1. The van der Waals surface area contributed by atoms with Gasteiger partial charge < -0.3 is 9.30 Å². The van der Waals surface area contributed by atoms with Gasteiger partial charge in [-0.05, 0) is 86.6 Å². The molecule has 4 aromatic rings. The quantitative estimate of drug-likeness (QED) is 0.235. The highest BCUT2D eigenvalue weighted by atomic mass is 35.5. The molecule has 2 aromatic heterocycles. The van der Waals surface area contributed by atoms with Crippen molar-refractivity contribution >= 4 is 38.4 Å². The molecule has 0 fully saturated rings. The van der Waals surface area contributed by atoms with Gasteiger partial charge in [-0.1, -0.05) is 29.8 Å². The number of nitrogens with one attached hydrogen (secondary N) is 1. The number of aromatic nitrogens is 2. The summed E-state index contributed by atoms with van der Waals surface area (Å²) in [7, 11) is -3.61. The van der Waals surface area contributed by atoms with Gasteiger partial charge in [-0.15, -0.1) is 0 Å². The van der Waals surface area contributed by atoms with Crippen molar-refractivity contribution in [2.75, 3.05) is 12.9 Å². The lowest BCUT2D eigenvalue weighted by molar-refractivity contribution is -0.119. The Morgan fingerprint density at radius 3 is 2.44 bits per heavy atom. The topological polar surface area (TPSA) is 90.3 Å². The number of sulfonamides is 1. The zero-order valence-corrected chi connectivity index (χ0v) is 24.5. The molecule has 2 aromatic carbocycles. The number of para-hydroxylation sites is 1. The van der Waals surface area contributed by atoms with Crippen molar-refractivity contribution in [1.82, 2.24) is 14.3 Å². The molecule has 0 unspecified atom stereocenters. The van der Waals surface area contributed by atoms with Crippen molar-refractivity contribution in [3.63, 3.8) is 0 Å². The van der Waals surface area contributed by atoms with Crippen LogP contribution < -0.4 is 9.46 Å². The first-order valence-corrected chi connectivity index (χ1v) is 15.1. The normalized spacial score (nSPS) is 11.6. The number of fused-ring (bicyclic) bond motifs is 1. The van der Waals surface area contributed by atoms with E-state index in [1.54, 1.807) is 6.20 Å². The standard InChI is InChI=1S/C30H34ClN3O4S/c1-19-16-23(17-20(2)29(19)31)38-15-7-10-25-22(4)34(14-12-28(35)33-39(5,36)37)30-26(8-6-9-27(25)30)24-11-13-32-18-21(24)3/h6,8-9,11,13,16-18H,7,10,12,14-15H2,1-5H3,(H,33,35). The summed E-state index contributed by atoms with van der Waals surface area (Å²) in [5.41, 5.74) is 8.41. The van der Waals surface area contributed by atoms with Gasteiger partial charge in [-0.3, -0.25) is 14.5 Å². The van der Waals surface area contributed by atoms with E-state index in [-0.39, 0.29) is 6.42 Å². The lowest BCUT2D eigenvalue weighted by Gasteiger charge is -2.13. The Labute approximate surface area is 235 Å². The van der Waals surface area contributed by atoms with Crippen LogP contribution in [0.1, 0.15) is 40.8 Å². The molecule has 0 bridgehead atoms. The highest BCUT2D eigenvalue weighted by Gasteiger charge is 2.19. The number of hydrogen-bond donors (Lipinski definition) is 1. The van der Waals surface area contributed by atoms with E-state index in [0.717, 1.165) is 74.3 Å². The third-order valence-electron chi connectivity index (χ3n) is 6.89. The van der Waals surface area contributed by atoms with Crippen LogP contribution in [0.3, 0.4) is 0 Å². The van der Waals surface area contributed by atoms with Crippen LogP contribution in [0.2, 0.25) is 5.02 Å². The number of carbonyl (C=O) groups is 1. The lowest BCUT2D eigenvalue weighted by atomic mass is 9.98. The number of hydrogen-bond acceptors (Lipinski definition) is 5. The fourth-order valence-corrected chi connectivity index (χ4v) is 5.72. The summed E-state index contributed by atoms with van der Waals surface area (Å²) in [6, 6.07) is 12.1. The molecule has 9 heteroatoms. The molecule has 0 saturated heterocycles. The van der Waals surface area contributed by atoms with E-state index in [4.69, 9.17) is 16.3 Å². The molecule has 4 rings (SSSR count). The molecular weight excluding hydrogens is 534 g/mol. The second kappa shape index (κ2) is 11.8. The summed E-state index contributed by atoms with van der Waals surface area (Å²) in [6.07, 6.45) is 6.23. The number of nitrogens with zero attached hydrogens (tertiary/aromatic N) is 2. The Balaban J connectivity index is 1.65. The van der Waals surface area contributed by atoms with Crippen LogP contribution in [0.15, 0.2) is 48.8 Å². The smallest absolute Gasteiger partial charge is 0.235 e. The van der Waals surface area contributed by atoms with Gasteiger partial charge in [0.2, 0.25) is 15.9 Å². The fourth-order valence-electron chi connectivity index (χ4n) is 5.09. The van der Waals surface area contributed by atoms with Gasteiger partial charge >= 0.3 is 0 Å². The second-order valence-electron chi connectivity index (χ2n) is 9.98. The summed E-state index contributed by atoms with van der Waals surface area (Å²) in [5, 5.41) is 1.87. The van der Waals surface area contributed by atoms with Crippen LogP contribution in [0.25, 0.3) is 22.0 Å². The molecule has 0 saturated carbocycles. The zero-order chi connectivity index (χ0) is 28.3. The minimum atomic E-state index is -3.61. The molecule has 206 valence electrons. The maximum Gasteiger partial charge on any atom is 0.235 e. The Morgan fingerprint density at radius 2 is 1.77 bits per heavy atom. The number of pyridine rings is 1. The summed E-state index contributed by atoms with van der Waals surface area (Å²) in [5.74, 6) is 0.278. The third kappa shape index (κ3) is 6.62. The SMILES string of the molecule is Cc1cnccc1-c1cccc2c(CCCOc3cc(C)c(Cl)c(C)c3)c(C)n(CCC(=O)NS(C)(=O)=O)c12. The molecule has 2 heterocycles. The van der Waals surface area contributed by atoms with Crippen molar-refractivity contribution in [2.24, 2.45) is 0 Å². The number of benzene rings is 2. The van der Waals surface area contributed by atoms with Crippen LogP contribution in [0.4, 0.5) is 0 Å². The third-order valence-corrected chi connectivity index (χ3v) is 8.09. The summed E-state index contributed by atoms with van der Waals surface area (Å²) >= 11 is 6.29. The van der Waals surface area contributed by atoms with E-state index in [0.29, 0.717) is 13.2 Å². The van der Waals surface area contributed by atoms with Gasteiger partial charge in [0.15, 0.2) is 0 Å². The molecule has 0 spiro atoms. The predicted molar refractivity (Wildman–Crippen MR) is 157 cm³/mol. The molecule has 1 amide bonds. The second-order valence-corrected chi connectivity index (χ2v) is 12.1. The maximum atomic E-state index is 12.4. The van der Waals surface area contributed by atoms with Crippen molar-refractivity contribution < 1.29 is 17.9 Å². The van der Waals surface area contributed by atoms with Crippen molar-refractivity contribution in [2.45, 2.75) is 53.5 Å². The summed E-state index contributed by atoms with van der Waals surface area (Å²) in [4.78, 5) is 16.6. The number of aryl methyl sites for hydroxylation is 5. The summed E-state index contributed by atoms with van der Waals surface area (Å²) in [6.45, 7) is 8.92. The monoisotopic (exact) mass is 567 g/mol. The van der Waals surface area contributed by atoms with E-state index in [9.17, 15) is 13.2 Å². The average Bonchev–Trinajstić information content (AvgIpc) is 3.13. The van der Waals surface area contributed by atoms with Crippen molar-refractivity contribution in [1.29, 1.82) is 0 Å². The van der Waals surface area contributed by atoms with Gasteiger partial charge in [-0.2, -0.15) is 0 Å². The lowest BCUT2D eigenvalue weighted by Crippen LogP contribution is -2.30. The van der Waals surface area contributed by atoms with E-state index < -0.39 is 15.9 Å². The van der Waals surface area contributed by atoms with E-state index >= 15 is 0 Å². The molecule has 39 heavy (non-hydrogen) atoms. The Morgan fingerprint density at radius 1 is 1.05 bits per heavy atom. The molecule has 7 nitrogen and oxygen atoms in total. The molecule has 0 aliphatic heterocycles. The Bertz CT molecular complexity index is 1620. The van der Waals surface area contributed by atoms with Crippen molar-refractivity contribution in [3.05, 3.63) is 81.8 Å². The Hall–Kier alpha value is -3.36. The average molecular weight is 568 g/mol. The maximum absolute atomic E-state index is 12.4. The van der Waals surface area contributed by atoms with Gasteiger partial charge in [0.1, 0.15) is 5.75 Å². The molecule has 1 N–H and O–H groups in total. The first-order valence-electron chi connectivity index (χ1n) is 12.9. The first-order chi connectivity index (χ1) is 18.5. The van der Waals surface area contributed by atoms with E-state index in [2.05, 4.69) is 39.4 Å². The van der Waals surface area contributed by atoms with Crippen LogP contribution in [0, 0.1) is 27.7 Å². The molecule has 0 atom stereocenters. The number of rotatable bonds is 10. The molecular formula is C30H34ClN3O4S.